The standard InChI is InChI=1S/C15H19N3O2/c1-10-9-20-11(8-19)7-18(10)15-3-2-14(16)12-4-5-17-6-13(12)15/h2-6,10-11,19H,7-9,16H2,1H3. The highest BCUT2D eigenvalue weighted by Crippen LogP contribution is 2.32. The fourth-order valence-corrected chi connectivity index (χ4v) is 2.71. The van der Waals surface area contributed by atoms with Crippen LogP contribution in [0.4, 0.5) is 11.4 Å². The van der Waals surface area contributed by atoms with E-state index in [2.05, 4.69) is 16.8 Å². The summed E-state index contributed by atoms with van der Waals surface area (Å²) in [5.74, 6) is 0. The summed E-state index contributed by atoms with van der Waals surface area (Å²) in [6, 6.07) is 6.14. The molecule has 1 aromatic carbocycles. The van der Waals surface area contributed by atoms with Gasteiger partial charge in [0.25, 0.3) is 0 Å². The number of fused-ring (bicyclic) bond motifs is 1. The first-order valence-electron chi connectivity index (χ1n) is 6.82. The highest BCUT2D eigenvalue weighted by molar-refractivity contribution is 6.00. The molecule has 2 aromatic rings. The van der Waals surface area contributed by atoms with Gasteiger partial charge in [-0.1, -0.05) is 0 Å². The van der Waals surface area contributed by atoms with Gasteiger partial charge in [-0.15, -0.1) is 0 Å². The highest BCUT2D eigenvalue weighted by Gasteiger charge is 2.27. The first kappa shape index (κ1) is 13.1. The fraction of sp³-hybridized carbons (Fsp3) is 0.400. The maximum atomic E-state index is 9.32. The molecule has 1 fully saturated rings. The van der Waals surface area contributed by atoms with Crippen LogP contribution in [0.1, 0.15) is 6.92 Å². The maximum absolute atomic E-state index is 9.32. The maximum Gasteiger partial charge on any atom is 0.0981 e. The van der Waals surface area contributed by atoms with Crippen LogP contribution in [0, 0.1) is 0 Å². The number of hydrogen-bond acceptors (Lipinski definition) is 5. The van der Waals surface area contributed by atoms with Gasteiger partial charge >= 0.3 is 0 Å². The molecule has 0 amide bonds. The first-order valence-corrected chi connectivity index (χ1v) is 6.82. The average Bonchev–Trinajstić information content (AvgIpc) is 2.49. The predicted octanol–water partition coefficient (Wildman–Crippen LogP) is 1.40. The number of aliphatic hydroxyl groups is 1. The molecule has 2 unspecified atom stereocenters. The molecule has 2 atom stereocenters. The molecule has 1 aliphatic heterocycles. The lowest BCUT2D eigenvalue weighted by molar-refractivity contribution is -0.0102. The third-order valence-electron chi connectivity index (χ3n) is 3.85. The van der Waals surface area contributed by atoms with Crippen molar-refractivity contribution < 1.29 is 9.84 Å². The minimum Gasteiger partial charge on any atom is -0.398 e. The summed E-state index contributed by atoms with van der Waals surface area (Å²) in [4.78, 5) is 6.47. The van der Waals surface area contributed by atoms with E-state index in [0.29, 0.717) is 13.2 Å². The lowest BCUT2D eigenvalue weighted by Gasteiger charge is -2.39. The molecular weight excluding hydrogens is 254 g/mol. The van der Waals surface area contributed by atoms with Gasteiger partial charge in [-0.3, -0.25) is 4.98 Å². The van der Waals surface area contributed by atoms with Crippen LogP contribution < -0.4 is 10.6 Å². The number of hydrogen-bond donors (Lipinski definition) is 2. The van der Waals surface area contributed by atoms with Crippen molar-refractivity contribution in [1.82, 2.24) is 4.98 Å². The van der Waals surface area contributed by atoms with Gasteiger partial charge < -0.3 is 20.5 Å². The Morgan fingerprint density at radius 2 is 2.25 bits per heavy atom. The quantitative estimate of drug-likeness (QED) is 0.809. The topological polar surface area (TPSA) is 71.6 Å². The van der Waals surface area contributed by atoms with Crippen molar-refractivity contribution in [3.8, 4) is 0 Å². The van der Waals surface area contributed by atoms with Crippen LogP contribution in [-0.4, -0.2) is 42.0 Å². The van der Waals surface area contributed by atoms with Crippen LogP contribution in [0.2, 0.25) is 0 Å². The Morgan fingerprint density at radius 1 is 1.40 bits per heavy atom. The summed E-state index contributed by atoms with van der Waals surface area (Å²) < 4.78 is 5.59. The normalized spacial score (nSPS) is 23.2. The molecule has 1 aromatic heterocycles. The van der Waals surface area contributed by atoms with E-state index in [0.717, 1.165) is 22.1 Å². The van der Waals surface area contributed by atoms with E-state index in [4.69, 9.17) is 10.5 Å². The molecule has 5 nitrogen and oxygen atoms in total. The molecule has 0 saturated carbocycles. The molecule has 106 valence electrons. The molecule has 0 spiro atoms. The number of aromatic nitrogens is 1. The van der Waals surface area contributed by atoms with Gasteiger partial charge in [-0.25, -0.2) is 0 Å². The van der Waals surface area contributed by atoms with E-state index in [1.807, 2.05) is 24.4 Å². The number of rotatable bonds is 2. The van der Waals surface area contributed by atoms with Crippen LogP contribution >= 0.6 is 0 Å². The first-order chi connectivity index (χ1) is 9.70. The van der Waals surface area contributed by atoms with Gasteiger partial charge in [-0.2, -0.15) is 0 Å². The van der Waals surface area contributed by atoms with E-state index >= 15 is 0 Å². The predicted molar refractivity (Wildman–Crippen MR) is 79.8 cm³/mol. The number of anilines is 2. The molecule has 3 rings (SSSR count). The lowest BCUT2D eigenvalue weighted by Crippen LogP contribution is -2.49. The minimum atomic E-state index is -0.143. The van der Waals surface area contributed by atoms with E-state index in [-0.39, 0.29) is 18.8 Å². The largest absolute Gasteiger partial charge is 0.398 e. The van der Waals surface area contributed by atoms with E-state index in [9.17, 15) is 5.11 Å². The second-order valence-corrected chi connectivity index (χ2v) is 5.23. The Kier molecular flexibility index (Phi) is 3.46. The SMILES string of the molecule is CC1COC(CO)CN1c1ccc(N)c2ccncc12. The number of benzene rings is 1. The molecule has 1 aliphatic rings. The molecule has 0 bridgehead atoms. The Labute approximate surface area is 118 Å². The van der Waals surface area contributed by atoms with Crippen LogP contribution in [0.25, 0.3) is 10.8 Å². The van der Waals surface area contributed by atoms with E-state index in [1.54, 1.807) is 6.20 Å². The summed E-state index contributed by atoms with van der Waals surface area (Å²) >= 11 is 0. The summed E-state index contributed by atoms with van der Waals surface area (Å²) in [6.45, 7) is 3.43. The van der Waals surface area contributed by atoms with Crippen molar-refractivity contribution in [3.63, 3.8) is 0 Å². The third-order valence-corrected chi connectivity index (χ3v) is 3.85. The van der Waals surface area contributed by atoms with Gasteiger partial charge in [0.05, 0.1) is 19.3 Å². The van der Waals surface area contributed by atoms with Crippen LogP contribution in [-0.2, 0) is 4.74 Å². The van der Waals surface area contributed by atoms with Crippen molar-refractivity contribution in [3.05, 3.63) is 30.6 Å². The van der Waals surface area contributed by atoms with Gasteiger partial charge in [0.2, 0.25) is 0 Å². The van der Waals surface area contributed by atoms with Gasteiger partial charge in [-0.05, 0) is 25.1 Å². The van der Waals surface area contributed by atoms with Crippen LogP contribution in [0.15, 0.2) is 30.6 Å². The van der Waals surface area contributed by atoms with Crippen molar-refractivity contribution in [2.45, 2.75) is 19.1 Å². The zero-order valence-electron chi connectivity index (χ0n) is 11.5. The highest BCUT2D eigenvalue weighted by atomic mass is 16.5. The minimum absolute atomic E-state index is 0.0361. The Morgan fingerprint density at radius 3 is 3.05 bits per heavy atom. The molecule has 0 aliphatic carbocycles. The van der Waals surface area contributed by atoms with Crippen LogP contribution in [0.3, 0.4) is 0 Å². The number of pyridine rings is 1. The van der Waals surface area contributed by atoms with Crippen molar-refractivity contribution in [2.75, 3.05) is 30.4 Å². The van der Waals surface area contributed by atoms with E-state index in [1.165, 1.54) is 0 Å². The number of nitrogen functional groups attached to an aromatic ring is 1. The molecule has 2 heterocycles. The summed E-state index contributed by atoms with van der Waals surface area (Å²) in [5, 5.41) is 11.4. The molecule has 3 N–H and O–H groups in total. The number of aliphatic hydroxyl groups excluding tert-OH is 1. The fourth-order valence-electron chi connectivity index (χ4n) is 2.71. The summed E-state index contributed by atoms with van der Waals surface area (Å²) in [5.41, 5.74) is 7.88. The molecule has 0 radical (unpaired) electrons. The van der Waals surface area contributed by atoms with Gasteiger partial charge in [0.15, 0.2) is 0 Å². The summed E-state index contributed by atoms with van der Waals surface area (Å²) in [7, 11) is 0. The number of nitrogens with two attached hydrogens (primary N) is 1. The number of nitrogens with zero attached hydrogens (tertiary/aromatic N) is 2. The van der Waals surface area contributed by atoms with Crippen molar-refractivity contribution in [1.29, 1.82) is 0 Å². The zero-order chi connectivity index (χ0) is 14.1. The average molecular weight is 273 g/mol. The third kappa shape index (κ3) is 2.19. The molecular formula is C15H19N3O2. The Hall–Kier alpha value is -1.85. The lowest BCUT2D eigenvalue weighted by atomic mass is 10.1. The van der Waals surface area contributed by atoms with Crippen LogP contribution in [0.5, 0.6) is 0 Å². The Bertz CT molecular complexity index is 617. The van der Waals surface area contributed by atoms with Gasteiger partial charge in [0, 0.05) is 47.1 Å². The van der Waals surface area contributed by atoms with Crippen molar-refractivity contribution >= 4 is 22.1 Å². The summed E-state index contributed by atoms with van der Waals surface area (Å²) in [6.07, 6.45) is 3.45. The van der Waals surface area contributed by atoms with E-state index < -0.39 is 0 Å². The second kappa shape index (κ2) is 5.26. The number of ether oxygens (including phenoxy) is 1. The molecule has 1 saturated heterocycles. The smallest absolute Gasteiger partial charge is 0.0981 e. The Balaban J connectivity index is 2.07. The van der Waals surface area contributed by atoms with Crippen molar-refractivity contribution in [2.24, 2.45) is 0 Å². The monoisotopic (exact) mass is 273 g/mol. The van der Waals surface area contributed by atoms with Gasteiger partial charge in [0.1, 0.15) is 0 Å². The molecule has 5 heteroatoms. The molecule has 20 heavy (non-hydrogen) atoms. The number of morpholine rings is 1. The second-order valence-electron chi connectivity index (χ2n) is 5.23. The zero-order valence-corrected chi connectivity index (χ0v) is 11.5.